The highest BCUT2D eigenvalue weighted by atomic mass is 35.5. The van der Waals surface area contributed by atoms with E-state index >= 15 is 0 Å². The Morgan fingerprint density at radius 1 is 1.47 bits per heavy atom. The van der Waals surface area contributed by atoms with E-state index in [1.54, 1.807) is 0 Å². The molecule has 1 saturated carbocycles. The summed E-state index contributed by atoms with van der Waals surface area (Å²) in [5.74, 6) is -0.849. The molecule has 3 nitrogen and oxygen atoms in total. The predicted molar refractivity (Wildman–Crippen MR) is 54.7 cm³/mol. The molecule has 2 rings (SSSR count). The summed E-state index contributed by atoms with van der Waals surface area (Å²) in [7, 11) is 0. The number of rotatable bonds is 2. The maximum absolute atomic E-state index is 12.6. The quantitative estimate of drug-likeness (QED) is 0.892. The molecular formula is C10H8ClF3N2O. The van der Waals surface area contributed by atoms with Crippen LogP contribution in [0.25, 0.3) is 0 Å². The van der Waals surface area contributed by atoms with Crippen LogP contribution in [-0.4, -0.2) is 22.6 Å². The maximum Gasteiger partial charge on any atom is 0.411 e. The Morgan fingerprint density at radius 2 is 2.12 bits per heavy atom. The number of aromatic nitrogens is 1. The zero-order valence-electron chi connectivity index (χ0n) is 8.51. The summed E-state index contributed by atoms with van der Waals surface area (Å²) in [5.41, 5.74) is -2.13. The molecule has 1 aromatic rings. The van der Waals surface area contributed by atoms with Gasteiger partial charge in [-0.25, -0.2) is 0 Å². The Kier molecular flexibility index (Phi) is 2.77. The number of alkyl halides is 3. The van der Waals surface area contributed by atoms with Crippen molar-refractivity contribution >= 4 is 17.5 Å². The SMILES string of the molecule is O=C(NC1(C(F)(F)F)CC1)c1cnccc1Cl. The van der Waals surface area contributed by atoms with Crippen molar-refractivity contribution in [3.63, 3.8) is 0 Å². The van der Waals surface area contributed by atoms with Crippen molar-refractivity contribution < 1.29 is 18.0 Å². The summed E-state index contributed by atoms with van der Waals surface area (Å²) < 4.78 is 37.8. The van der Waals surface area contributed by atoms with Gasteiger partial charge in [0.05, 0.1) is 10.6 Å². The molecule has 0 unspecified atom stereocenters. The summed E-state index contributed by atoms with van der Waals surface area (Å²) in [4.78, 5) is 15.3. The molecule has 1 aromatic heterocycles. The van der Waals surface area contributed by atoms with Gasteiger partial charge in [-0.15, -0.1) is 0 Å². The number of pyridine rings is 1. The van der Waals surface area contributed by atoms with Crippen LogP contribution in [0.2, 0.25) is 5.02 Å². The van der Waals surface area contributed by atoms with Gasteiger partial charge in [0.15, 0.2) is 0 Å². The zero-order valence-corrected chi connectivity index (χ0v) is 9.27. The fraction of sp³-hybridized carbons (Fsp3) is 0.400. The Bertz CT molecular complexity index is 457. The van der Waals surface area contributed by atoms with Gasteiger partial charge in [0.25, 0.3) is 5.91 Å². The van der Waals surface area contributed by atoms with Crippen LogP contribution in [0.5, 0.6) is 0 Å². The molecular weight excluding hydrogens is 257 g/mol. The highest BCUT2D eigenvalue weighted by Gasteiger charge is 2.64. The summed E-state index contributed by atoms with van der Waals surface area (Å²) in [6.07, 6.45) is -2.13. The minimum atomic E-state index is -4.43. The second-order valence-corrected chi connectivity index (χ2v) is 4.30. The van der Waals surface area contributed by atoms with Crippen LogP contribution in [0.1, 0.15) is 23.2 Å². The standard InChI is InChI=1S/C10H8ClF3N2O/c11-7-1-4-15-5-6(7)8(17)16-9(2-3-9)10(12,13)14/h1,4-5H,2-3H2,(H,16,17). The third-order valence-electron chi connectivity index (χ3n) is 2.66. The molecule has 0 spiro atoms. The molecule has 1 aliphatic carbocycles. The molecule has 0 aliphatic heterocycles. The first-order valence-corrected chi connectivity index (χ1v) is 5.22. The van der Waals surface area contributed by atoms with Gasteiger partial charge in [0, 0.05) is 12.4 Å². The molecule has 0 atom stereocenters. The number of halogens is 4. The van der Waals surface area contributed by atoms with E-state index in [9.17, 15) is 18.0 Å². The lowest BCUT2D eigenvalue weighted by molar-refractivity contribution is -0.163. The van der Waals surface area contributed by atoms with E-state index in [1.807, 2.05) is 5.32 Å². The van der Waals surface area contributed by atoms with Crippen LogP contribution in [-0.2, 0) is 0 Å². The molecule has 0 bridgehead atoms. The highest BCUT2D eigenvalue weighted by molar-refractivity contribution is 6.33. The van der Waals surface area contributed by atoms with Gasteiger partial charge in [-0.3, -0.25) is 9.78 Å². The molecule has 17 heavy (non-hydrogen) atoms. The molecule has 0 aromatic carbocycles. The van der Waals surface area contributed by atoms with Crippen molar-refractivity contribution in [3.8, 4) is 0 Å². The van der Waals surface area contributed by atoms with Gasteiger partial charge >= 0.3 is 6.18 Å². The van der Waals surface area contributed by atoms with Crippen LogP contribution in [0.15, 0.2) is 18.5 Å². The number of nitrogens with zero attached hydrogens (tertiary/aromatic N) is 1. The first-order valence-electron chi connectivity index (χ1n) is 4.84. The Labute approximate surface area is 100.0 Å². The summed E-state index contributed by atoms with van der Waals surface area (Å²) in [5, 5.41) is 2.06. The lowest BCUT2D eigenvalue weighted by Gasteiger charge is -2.20. The van der Waals surface area contributed by atoms with Gasteiger partial charge in [-0.2, -0.15) is 13.2 Å². The van der Waals surface area contributed by atoms with Crippen molar-refractivity contribution in [1.29, 1.82) is 0 Å². The van der Waals surface area contributed by atoms with Crippen molar-refractivity contribution in [2.75, 3.05) is 0 Å². The number of hydrogen-bond acceptors (Lipinski definition) is 2. The van der Waals surface area contributed by atoms with Gasteiger partial charge in [0.2, 0.25) is 0 Å². The summed E-state index contributed by atoms with van der Waals surface area (Å²) >= 11 is 5.70. The van der Waals surface area contributed by atoms with Gasteiger partial charge in [0.1, 0.15) is 5.54 Å². The molecule has 7 heteroatoms. The van der Waals surface area contributed by atoms with Crippen molar-refractivity contribution in [3.05, 3.63) is 29.0 Å². The van der Waals surface area contributed by atoms with Crippen LogP contribution < -0.4 is 5.32 Å². The van der Waals surface area contributed by atoms with Crippen LogP contribution >= 0.6 is 11.6 Å². The lowest BCUT2D eigenvalue weighted by atomic mass is 10.2. The molecule has 1 amide bonds. The minimum Gasteiger partial charge on any atom is -0.338 e. The summed E-state index contributed by atoms with van der Waals surface area (Å²) in [6.45, 7) is 0. The third kappa shape index (κ3) is 2.22. The lowest BCUT2D eigenvalue weighted by Crippen LogP contribution is -2.47. The summed E-state index contributed by atoms with van der Waals surface area (Å²) in [6, 6.07) is 1.35. The second kappa shape index (κ2) is 3.87. The average Bonchev–Trinajstić information content (AvgIpc) is 2.98. The van der Waals surface area contributed by atoms with Gasteiger partial charge in [-0.05, 0) is 18.9 Å². The molecule has 0 saturated heterocycles. The zero-order chi connectivity index (χ0) is 12.7. The van der Waals surface area contributed by atoms with Crippen LogP contribution in [0, 0.1) is 0 Å². The van der Waals surface area contributed by atoms with Crippen LogP contribution in [0.4, 0.5) is 13.2 Å². The van der Waals surface area contributed by atoms with Gasteiger partial charge < -0.3 is 5.32 Å². The van der Waals surface area contributed by atoms with Crippen molar-refractivity contribution in [2.24, 2.45) is 0 Å². The number of carbonyl (C=O) groups excluding carboxylic acids is 1. The van der Waals surface area contributed by atoms with Crippen LogP contribution in [0.3, 0.4) is 0 Å². The number of amides is 1. The maximum atomic E-state index is 12.6. The Balaban J connectivity index is 2.16. The molecule has 0 radical (unpaired) electrons. The first kappa shape index (κ1) is 12.2. The van der Waals surface area contributed by atoms with E-state index in [0.717, 1.165) is 6.20 Å². The van der Waals surface area contributed by atoms with E-state index in [2.05, 4.69) is 4.98 Å². The number of hydrogen-bond donors (Lipinski definition) is 1. The molecule has 1 heterocycles. The predicted octanol–water partition coefficient (Wildman–Crippen LogP) is 2.56. The Morgan fingerprint density at radius 3 is 2.59 bits per heavy atom. The molecule has 1 fully saturated rings. The van der Waals surface area contributed by atoms with E-state index in [-0.39, 0.29) is 23.4 Å². The molecule has 1 aliphatic rings. The molecule has 92 valence electrons. The van der Waals surface area contributed by atoms with Crippen molar-refractivity contribution in [2.45, 2.75) is 24.6 Å². The van der Waals surface area contributed by atoms with E-state index in [0.29, 0.717) is 0 Å². The van der Waals surface area contributed by atoms with E-state index < -0.39 is 17.6 Å². The van der Waals surface area contributed by atoms with Gasteiger partial charge in [-0.1, -0.05) is 11.6 Å². The number of carbonyl (C=O) groups is 1. The van der Waals surface area contributed by atoms with E-state index in [4.69, 9.17) is 11.6 Å². The Hall–Kier alpha value is -1.30. The third-order valence-corrected chi connectivity index (χ3v) is 2.99. The monoisotopic (exact) mass is 264 g/mol. The highest BCUT2D eigenvalue weighted by Crippen LogP contribution is 2.49. The fourth-order valence-electron chi connectivity index (χ4n) is 1.43. The smallest absolute Gasteiger partial charge is 0.338 e. The fourth-order valence-corrected chi connectivity index (χ4v) is 1.62. The van der Waals surface area contributed by atoms with E-state index in [1.165, 1.54) is 12.3 Å². The largest absolute Gasteiger partial charge is 0.411 e. The molecule has 1 N–H and O–H groups in total. The topological polar surface area (TPSA) is 42.0 Å². The first-order chi connectivity index (χ1) is 7.86. The average molecular weight is 265 g/mol. The van der Waals surface area contributed by atoms with Crippen molar-refractivity contribution in [1.82, 2.24) is 10.3 Å². The minimum absolute atomic E-state index is 0.0512. The number of nitrogens with one attached hydrogen (secondary N) is 1. The normalized spacial score (nSPS) is 17.6. The second-order valence-electron chi connectivity index (χ2n) is 3.89.